The number of aryl methyl sites for hydroxylation is 1. The smallest absolute Gasteiger partial charge is 0.356 e. The molecule has 0 saturated carbocycles. The van der Waals surface area contributed by atoms with E-state index in [4.69, 9.17) is 9.05 Å². The van der Waals surface area contributed by atoms with Crippen molar-refractivity contribution in [3.63, 3.8) is 0 Å². The number of halogens is 3. The molecule has 0 aliphatic rings. The summed E-state index contributed by atoms with van der Waals surface area (Å²) in [6, 6.07) is 14.4. The fourth-order valence-corrected chi connectivity index (χ4v) is 5.74. The van der Waals surface area contributed by atoms with E-state index in [1.807, 2.05) is 18.2 Å². The van der Waals surface area contributed by atoms with E-state index in [9.17, 15) is 18.1 Å². The molecule has 1 N–H and O–H groups in total. The summed E-state index contributed by atoms with van der Waals surface area (Å²) in [5, 5.41) is 2.86. The summed E-state index contributed by atoms with van der Waals surface area (Å²) in [4.78, 5) is 12.1. The molecule has 2 aromatic carbocycles. The molecule has 0 unspecified atom stereocenters. The average Bonchev–Trinajstić information content (AvgIpc) is 2.77. The third kappa shape index (κ3) is 7.99. The normalized spacial score (nSPS) is 12.0. The van der Waals surface area contributed by atoms with Crippen LogP contribution in [-0.4, -0.2) is 25.7 Å². The maximum absolute atomic E-state index is 15.0. The van der Waals surface area contributed by atoms with Crippen LogP contribution >= 0.6 is 23.5 Å². The first-order chi connectivity index (χ1) is 15.7. The molecular formula is C24H31BrF2NO4P. The van der Waals surface area contributed by atoms with Crippen molar-refractivity contribution in [3.05, 3.63) is 69.7 Å². The molecule has 5 nitrogen and oxygen atoms in total. The third-order valence-corrected chi connectivity index (χ3v) is 7.78. The van der Waals surface area contributed by atoms with Gasteiger partial charge in [0.2, 0.25) is 5.91 Å². The van der Waals surface area contributed by atoms with Crippen molar-refractivity contribution in [3.8, 4) is 0 Å². The summed E-state index contributed by atoms with van der Waals surface area (Å²) in [7, 11) is -4.67. The number of rotatable bonds is 14. The summed E-state index contributed by atoms with van der Waals surface area (Å²) in [5.74, 6) is -0.0281. The summed E-state index contributed by atoms with van der Waals surface area (Å²) in [6.07, 6.45) is 3.61. The largest absolute Gasteiger partial charge is 0.404 e. The van der Waals surface area contributed by atoms with Crippen LogP contribution in [0, 0.1) is 0 Å². The van der Waals surface area contributed by atoms with Crippen molar-refractivity contribution in [2.75, 3.05) is 19.8 Å². The van der Waals surface area contributed by atoms with E-state index in [2.05, 4.69) is 33.4 Å². The quantitative estimate of drug-likeness (QED) is 0.208. The summed E-state index contributed by atoms with van der Waals surface area (Å²) < 4.78 is 52.4. The molecule has 2 rings (SSSR count). The number of hydrogen-bond acceptors (Lipinski definition) is 4. The Bertz CT molecular complexity index is 933. The molecule has 0 aromatic heterocycles. The lowest BCUT2D eigenvalue weighted by atomic mass is 10.1. The van der Waals surface area contributed by atoms with Crippen LogP contribution < -0.4 is 5.32 Å². The van der Waals surface area contributed by atoms with Crippen molar-refractivity contribution in [1.82, 2.24) is 5.32 Å². The van der Waals surface area contributed by atoms with E-state index in [0.717, 1.165) is 24.8 Å². The van der Waals surface area contributed by atoms with E-state index in [0.29, 0.717) is 19.4 Å². The number of benzene rings is 2. The van der Waals surface area contributed by atoms with E-state index >= 15 is 0 Å². The van der Waals surface area contributed by atoms with Crippen LogP contribution in [0.4, 0.5) is 8.78 Å². The predicted molar refractivity (Wildman–Crippen MR) is 130 cm³/mol. The van der Waals surface area contributed by atoms with Crippen LogP contribution in [0.15, 0.2) is 53.0 Å². The van der Waals surface area contributed by atoms with Gasteiger partial charge < -0.3 is 14.4 Å². The number of unbranched alkanes of at least 4 members (excludes halogenated alkanes) is 1. The zero-order valence-electron chi connectivity index (χ0n) is 19.0. The van der Waals surface area contributed by atoms with Gasteiger partial charge in [-0.1, -0.05) is 58.4 Å². The van der Waals surface area contributed by atoms with Gasteiger partial charge in [-0.05, 0) is 56.7 Å². The fourth-order valence-electron chi connectivity index (χ4n) is 3.34. The standard InChI is InChI=1S/C24H31BrF2NO4P/c1-3-31-33(30,32-4-2)24(26,27)21-15-14-20(18-22(21)25)16-17-28-23(29)13-9-8-12-19-10-6-5-7-11-19/h5-7,10-11,14-15,18H,3-4,8-9,12-13,16-17H2,1-2H3,(H,28,29). The maximum Gasteiger partial charge on any atom is 0.404 e. The van der Waals surface area contributed by atoms with Gasteiger partial charge in [0.1, 0.15) is 0 Å². The number of alkyl halides is 2. The van der Waals surface area contributed by atoms with Crippen molar-refractivity contribution in [1.29, 1.82) is 0 Å². The van der Waals surface area contributed by atoms with Gasteiger partial charge in [-0.2, -0.15) is 8.78 Å². The fraction of sp³-hybridized carbons (Fsp3) is 0.458. The molecule has 0 atom stereocenters. The summed E-state index contributed by atoms with van der Waals surface area (Å²) >= 11 is 3.16. The molecule has 0 spiro atoms. The highest BCUT2D eigenvalue weighted by Crippen LogP contribution is 2.67. The minimum atomic E-state index is -4.67. The molecule has 182 valence electrons. The van der Waals surface area contributed by atoms with Crippen molar-refractivity contribution >= 4 is 29.4 Å². The topological polar surface area (TPSA) is 64.6 Å². The SMILES string of the molecule is CCOP(=O)(OCC)C(F)(F)c1ccc(CCNC(=O)CCCCc2ccccc2)cc1Br. The van der Waals surface area contributed by atoms with Gasteiger partial charge in [-0.25, -0.2) is 0 Å². The lowest BCUT2D eigenvalue weighted by molar-refractivity contribution is -0.121. The van der Waals surface area contributed by atoms with Crippen LogP contribution in [0.1, 0.15) is 49.8 Å². The summed E-state index contributed by atoms with van der Waals surface area (Å²) in [5.41, 5.74) is -2.24. The Kier molecular flexibility index (Phi) is 11.2. The van der Waals surface area contributed by atoms with Crippen molar-refractivity contribution in [2.24, 2.45) is 0 Å². The van der Waals surface area contributed by atoms with Crippen molar-refractivity contribution in [2.45, 2.75) is 51.6 Å². The average molecular weight is 546 g/mol. The van der Waals surface area contributed by atoms with Crippen LogP contribution in [-0.2, 0) is 36.9 Å². The lowest BCUT2D eigenvalue weighted by Gasteiger charge is -2.26. The van der Waals surface area contributed by atoms with E-state index in [1.54, 1.807) is 0 Å². The van der Waals surface area contributed by atoms with Crippen molar-refractivity contribution < 1.29 is 27.2 Å². The minimum Gasteiger partial charge on any atom is -0.356 e. The van der Waals surface area contributed by atoms with E-state index in [-0.39, 0.29) is 23.6 Å². The van der Waals surface area contributed by atoms with Crippen LogP contribution in [0.3, 0.4) is 0 Å². The molecule has 33 heavy (non-hydrogen) atoms. The Labute approximate surface area is 202 Å². The Hall–Kier alpha value is -1.60. The number of carbonyl (C=O) groups is 1. The van der Waals surface area contributed by atoms with Crippen LogP contribution in [0.5, 0.6) is 0 Å². The Morgan fingerprint density at radius 2 is 1.67 bits per heavy atom. The number of hydrogen-bond donors (Lipinski definition) is 1. The van der Waals surface area contributed by atoms with Gasteiger partial charge in [0, 0.05) is 23.0 Å². The second-order valence-corrected chi connectivity index (χ2v) is 10.4. The van der Waals surface area contributed by atoms with Gasteiger partial charge in [0.15, 0.2) is 0 Å². The molecule has 0 bridgehead atoms. The van der Waals surface area contributed by atoms with E-state index < -0.39 is 18.8 Å². The monoisotopic (exact) mass is 545 g/mol. The maximum atomic E-state index is 15.0. The molecule has 0 heterocycles. The molecule has 0 fully saturated rings. The first-order valence-corrected chi connectivity index (χ1v) is 13.4. The molecule has 2 aromatic rings. The molecule has 0 aliphatic carbocycles. The molecule has 1 amide bonds. The van der Waals surface area contributed by atoms with Gasteiger partial charge in [-0.3, -0.25) is 9.36 Å². The third-order valence-electron chi connectivity index (χ3n) is 5.00. The molecule has 0 aliphatic heterocycles. The summed E-state index contributed by atoms with van der Waals surface area (Å²) in [6.45, 7) is 3.05. The second-order valence-electron chi connectivity index (χ2n) is 7.48. The first-order valence-electron chi connectivity index (χ1n) is 11.1. The number of carbonyl (C=O) groups excluding carboxylic acids is 1. The van der Waals surface area contributed by atoms with E-state index in [1.165, 1.54) is 37.6 Å². The van der Waals surface area contributed by atoms with Crippen LogP contribution in [0.2, 0.25) is 0 Å². The van der Waals surface area contributed by atoms with Gasteiger partial charge >= 0.3 is 13.3 Å². The Balaban J connectivity index is 1.84. The zero-order valence-corrected chi connectivity index (χ0v) is 21.5. The molecule has 0 saturated heterocycles. The Morgan fingerprint density at radius 1 is 1.00 bits per heavy atom. The predicted octanol–water partition coefficient (Wildman–Crippen LogP) is 6.84. The highest BCUT2D eigenvalue weighted by molar-refractivity contribution is 9.10. The van der Waals surface area contributed by atoms with Gasteiger partial charge in [-0.15, -0.1) is 0 Å². The molecule has 0 radical (unpaired) electrons. The highest BCUT2D eigenvalue weighted by Gasteiger charge is 2.55. The first kappa shape index (κ1) is 27.6. The van der Waals surface area contributed by atoms with Gasteiger partial charge in [0.25, 0.3) is 0 Å². The van der Waals surface area contributed by atoms with Crippen LogP contribution in [0.25, 0.3) is 0 Å². The second kappa shape index (κ2) is 13.3. The number of nitrogens with one attached hydrogen (secondary N) is 1. The Morgan fingerprint density at radius 3 is 2.27 bits per heavy atom. The zero-order chi connectivity index (χ0) is 24.3. The molecular weight excluding hydrogens is 515 g/mol. The lowest BCUT2D eigenvalue weighted by Crippen LogP contribution is -2.25. The number of amides is 1. The highest BCUT2D eigenvalue weighted by atomic mass is 79.9. The minimum absolute atomic E-state index is 0.0281. The van der Waals surface area contributed by atoms with Gasteiger partial charge in [0.05, 0.1) is 13.2 Å². The molecule has 9 heteroatoms.